The van der Waals surface area contributed by atoms with Gasteiger partial charge < -0.3 is 19.1 Å². The Bertz CT molecular complexity index is 1040. The normalized spacial score (nSPS) is 13.2. The topological polar surface area (TPSA) is 48.0 Å². The number of hydrogen-bond acceptors (Lipinski definition) is 4. The van der Waals surface area contributed by atoms with Crippen molar-refractivity contribution in [2.24, 2.45) is 0 Å². The van der Waals surface area contributed by atoms with Crippen molar-refractivity contribution in [1.29, 1.82) is 0 Å². The summed E-state index contributed by atoms with van der Waals surface area (Å²) >= 11 is 0. The van der Waals surface area contributed by atoms with Crippen LogP contribution in [0.5, 0.6) is 17.2 Å². The monoisotopic (exact) mass is 351 g/mol. The number of hydrogen-bond donors (Lipinski definition) is 0. The first-order valence-corrected chi connectivity index (χ1v) is 8.56. The maximum absolute atomic E-state index is 12.2. The average molecular weight is 351 g/mol. The first-order valence-electron chi connectivity index (χ1n) is 8.56. The van der Waals surface area contributed by atoms with Gasteiger partial charge in [-0.25, -0.2) is 0 Å². The molecule has 0 radical (unpaired) electrons. The molecule has 0 aromatic heterocycles. The van der Waals surface area contributed by atoms with E-state index in [2.05, 4.69) is 6.07 Å². The molecule has 1 amide bonds. The van der Waals surface area contributed by atoms with Gasteiger partial charge in [0.25, 0.3) is 0 Å². The minimum atomic E-state index is 0.0361. The van der Waals surface area contributed by atoms with Crippen LogP contribution in [0, 0.1) is 0 Å². The summed E-state index contributed by atoms with van der Waals surface area (Å²) in [7, 11) is 4.94. The zero-order valence-corrected chi connectivity index (χ0v) is 15.4. The van der Waals surface area contributed by atoms with Gasteiger partial charge in [0.1, 0.15) is 5.75 Å². The predicted molar refractivity (Wildman–Crippen MR) is 103 cm³/mol. The van der Waals surface area contributed by atoms with Crippen LogP contribution in [0.15, 0.2) is 30.3 Å². The van der Waals surface area contributed by atoms with Crippen molar-refractivity contribution in [3.63, 3.8) is 0 Å². The molecular formula is C21H21NO4. The van der Waals surface area contributed by atoms with Gasteiger partial charge in [-0.2, -0.15) is 0 Å². The Morgan fingerprint density at radius 3 is 2.38 bits per heavy atom. The fourth-order valence-corrected chi connectivity index (χ4v) is 3.99. The van der Waals surface area contributed by atoms with E-state index in [0.717, 1.165) is 45.0 Å². The molecule has 5 nitrogen and oxygen atoms in total. The predicted octanol–water partition coefficient (Wildman–Crippen LogP) is 3.93. The van der Waals surface area contributed by atoms with E-state index in [4.69, 9.17) is 14.2 Å². The highest BCUT2D eigenvalue weighted by Gasteiger charge is 2.27. The lowest BCUT2D eigenvalue weighted by molar-refractivity contribution is -0.116. The molecule has 26 heavy (non-hydrogen) atoms. The Kier molecular flexibility index (Phi) is 3.87. The molecule has 1 heterocycles. The highest BCUT2D eigenvalue weighted by molar-refractivity contribution is 6.21. The van der Waals surface area contributed by atoms with Gasteiger partial charge in [-0.1, -0.05) is 12.1 Å². The lowest BCUT2D eigenvalue weighted by Gasteiger charge is -2.30. The second kappa shape index (κ2) is 6.09. The molecule has 4 rings (SSSR count). The summed E-state index contributed by atoms with van der Waals surface area (Å²) in [6.07, 6.45) is 0.768. The van der Waals surface area contributed by atoms with Gasteiger partial charge in [0.2, 0.25) is 5.91 Å². The van der Waals surface area contributed by atoms with Gasteiger partial charge in [-0.15, -0.1) is 0 Å². The van der Waals surface area contributed by atoms with E-state index in [-0.39, 0.29) is 5.91 Å². The molecule has 0 aliphatic carbocycles. The molecule has 0 N–H and O–H groups in total. The van der Waals surface area contributed by atoms with Crippen LogP contribution in [-0.4, -0.2) is 33.8 Å². The fourth-order valence-electron chi connectivity index (χ4n) is 3.99. The number of ether oxygens (including phenoxy) is 3. The number of methoxy groups -OCH3 is 3. The summed E-state index contributed by atoms with van der Waals surface area (Å²) in [5, 5.41) is 3.92. The van der Waals surface area contributed by atoms with Crippen LogP contribution in [-0.2, 0) is 11.2 Å². The van der Waals surface area contributed by atoms with E-state index in [9.17, 15) is 4.79 Å². The Hall–Kier alpha value is -2.95. The van der Waals surface area contributed by atoms with E-state index in [1.165, 1.54) is 0 Å². The number of amides is 1. The maximum Gasteiger partial charge on any atom is 0.223 e. The number of fused-ring (bicyclic) bond motifs is 2. The molecule has 0 bridgehead atoms. The Morgan fingerprint density at radius 2 is 1.73 bits per heavy atom. The van der Waals surface area contributed by atoms with Crippen molar-refractivity contribution in [3.8, 4) is 17.2 Å². The highest BCUT2D eigenvalue weighted by Crippen LogP contribution is 2.49. The third-order valence-corrected chi connectivity index (χ3v) is 5.10. The van der Waals surface area contributed by atoms with Crippen LogP contribution in [0.3, 0.4) is 0 Å². The number of anilines is 1. The third-order valence-electron chi connectivity index (χ3n) is 5.10. The van der Waals surface area contributed by atoms with Gasteiger partial charge in [0, 0.05) is 29.6 Å². The highest BCUT2D eigenvalue weighted by atomic mass is 16.5. The summed E-state index contributed by atoms with van der Waals surface area (Å²) in [5.74, 6) is 2.16. The van der Waals surface area contributed by atoms with Crippen LogP contribution >= 0.6 is 0 Å². The molecule has 134 valence electrons. The van der Waals surface area contributed by atoms with Crippen molar-refractivity contribution in [2.75, 3.05) is 32.8 Å². The summed E-state index contributed by atoms with van der Waals surface area (Å²) in [6.45, 7) is 2.26. The summed E-state index contributed by atoms with van der Waals surface area (Å²) in [4.78, 5) is 14.1. The summed E-state index contributed by atoms with van der Waals surface area (Å²) in [6, 6.07) is 10.0. The summed E-state index contributed by atoms with van der Waals surface area (Å²) in [5.41, 5.74) is 2.06. The average Bonchev–Trinajstić information content (AvgIpc) is 2.66. The van der Waals surface area contributed by atoms with Crippen LogP contribution in [0.4, 0.5) is 5.69 Å². The molecule has 3 aromatic rings. The van der Waals surface area contributed by atoms with Crippen molar-refractivity contribution < 1.29 is 19.0 Å². The first-order chi connectivity index (χ1) is 12.6. The molecular weight excluding hydrogens is 330 g/mol. The third kappa shape index (κ3) is 2.20. The van der Waals surface area contributed by atoms with Crippen LogP contribution in [0.25, 0.3) is 21.5 Å². The van der Waals surface area contributed by atoms with Crippen molar-refractivity contribution in [1.82, 2.24) is 0 Å². The zero-order chi connectivity index (χ0) is 18.4. The first kappa shape index (κ1) is 16.5. The SMILES string of the molecule is COc1cc2c3c(cc4cccc(OC)c4c3c1OC)N(C(C)=O)CC2. The quantitative estimate of drug-likeness (QED) is 0.671. The van der Waals surface area contributed by atoms with E-state index in [1.54, 1.807) is 28.3 Å². The van der Waals surface area contributed by atoms with Gasteiger partial charge in [0.05, 0.1) is 27.0 Å². The number of carbonyl (C=O) groups is 1. The van der Waals surface area contributed by atoms with Crippen molar-refractivity contribution in [2.45, 2.75) is 13.3 Å². The second-order valence-corrected chi connectivity index (χ2v) is 6.40. The molecule has 1 aliphatic heterocycles. The largest absolute Gasteiger partial charge is 0.496 e. The molecule has 0 unspecified atom stereocenters. The Balaban J connectivity index is 2.29. The minimum Gasteiger partial charge on any atom is -0.496 e. The van der Waals surface area contributed by atoms with E-state index in [0.29, 0.717) is 18.0 Å². The van der Waals surface area contributed by atoms with Crippen LogP contribution in [0.2, 0.25) is 0 Å². The van der Waals surface area contributed by atoms with Gasteiger partial charge >= 0.3 is 0 Å². The Morgan fingerprint density at radius 1 is 0.962 bits per heavy atom. The number of benzene rings is 3. The fraction of sp³-hybridized carbons (Fsp3) is 0.286. The second-order valence-electron chi connectivity index (χ2n) is 6.40. The lowest BCUT2D eigenvalue weighted by Crippen LogP contribution is -2.33. The minimum absolute atomic E-state index is 0.0361. The molecule has 0 saturated heterocycles. The molecule has 0 atom stereocenters. The molecule has 1 aliphatic rings. The standard InChI is InChI=1S/C21H21NO4/c1-12(23)22-9-8-14-11-17(25-3)21(26-4)20-18(14)15(22)10-13-6-5-7-16(24-2)19(13)20/h5-7,10-11H,8-9H2,1-4H3. The van der Waals surface area contributed by atoms with E-state index >= 15 is 0 Å². The molecule has 0 fully saturated rings. The van der Waals surface area contributed by atoms with Gasteiger partial charge in [-0.3, -0.25) is 4.79 Å². The zero-order valence-electron chi connectivity index (χ0n) is 15.4. The van der Waals surface area contributed by atoms with Crippen molar-refractivity contribution >= 4 is 33.1 Å². The van der Waals surface area contributed by atoms with E-state index < -0.39 is 0 Å². The molecule has 0 saturated carbocycles. The van der Waals surface area contributed by atoms with Crippen LogP contribution in [0.1, 0.15) is 12.5 Å². The summed E-state index contributed by atoms with van der Waals surface area (Å²) < 4.78 is 17.0. The molecule has 3 aromatic carbocycles. The Labute approximate surface area is 152 Å². The van der Waals surface area contributed by atoms with E-state index in [1.807, 2.05) is 29.2 Å². The van der Waals surface area contributed by atoms with Crippen molar-refractivity contribution in [3.05, 3.63) is 35.9 Å². The lowest BCUT2D eigenvalue weighted by atomic mass is 9.90. The number of rotatable bonds is 3. The molecule has 5 heteroatoms. The number of nitrogens with zero attached hydrogens (tertiary/aromatic N) is 1. The maximum atomic E-state index is 12.2. The number of carbonyl (C=O) groups excluding carboxylic acids is 1. The smallest absolute Gasteiger partial charge is 0.223 e. The van der Waals surface area contributed by atoms with Crippen LogP contribution < -0.4 is 19.1 Å². The van der Waals surface area contributed by atoms with Gasteiger partial charge in [-0.05, 0) is 35.6 Å². The molecule has 0 spiro atoms. The van der Waals surface area contributed by atoms with Gasteiger partial charge in [0.15, 0.2) is 11.5 Å².